The van der Waals surface area contributed by atoms with Crippen LogP contribution in [-0.2, 0) is 6.42 Å². The van der Waals surface area contributed by atoms with Gasteiger partial charge in [-0.3, -0.25) is 0 Å². The highest BCUT2D eigenvalue weighted by molar-refractivity contribution is 9.10. The molecule has 3 heterocycles. The summed E-state index contributed by atoms with van der Waals surface area (Å²) in [5, 5.41) is 8.16. The lowest BCUT2D eigenvalue weighted by atomic mass is 9.77. The maximum Gasteiger partial charge on any atom is 0.165 e. The van der Waals surface area contributed by atoms with Crippen molar-refractivity contribution in [3.05, 3.63) is 141 Å². The fourth-order valence-corrected chi connectivity index (χ4v) is 6.64. The number of halogens is 3. The second kappa shape index (κ2) is 10.1. The average Bonchev–Trinajstić information content (AvgIpc) is 3.42. The molecule has 0 fully saturated rings. The average molecular weight is 648 g/mol. The van der Waals surface area contributed by atoms with Crippen molar-refractivity contribution in [2.24, 2.45) is 0 Å². The molecular weight excluding hydrogens is 627 g/mol. The van der Waals surface area contributed by atoms with Crippen molar-refractivity contribution in [3.8, 4) is 28.2 Å². The zero-order valence-electron chi connectivity index (χ0n) is 22.1. The number of benzene rings is 4. The number of pyridine rings is 2. The third kappa shape index (κ3) is 4.15. The van der Waals surface area contributed by atoms with Crippen LogP contribution in [0.4, 0.5) is 0 Å². The van der Waals surface area contributed by atoms with Crippen LogP contribution in [0.3, 0.4) is 0 Å². The van der Waals surface area contributed by atoms with Gasteiger partial charge in [-0.05, 0) is 65.6 Å². The highest BCUT2D eigenvalue weighted by Crippen LogP contribution is 2.45. The summed E-state index contributed by atoms with van der Waals surface area (Å²) in [6.07, 6.45) is 2.72. The summed E-state index contributed by atoms with van der Waals surface area (Å²) < 4.78 is 2.93. The Kier molecular flexibility index (Phi) is 6.14. The van der Waals surface area contributed by atoms with E-state index < -0.39 is 0 Å². The lowest BCUT2D eigenvalue weighted by Gasteiger charge is -2.28. The molecule has 0 bridgehead atoms. The number of nitrogens with zero attached hydrogens (tertiary/aromatic N) is 4. The van der Waals surface area contributed by atoms with E-state index in [0.29, 0.717) is 10.0 Å². The molecule has 8 rings (SSSR count). The molecule has 4 nitrogen and oxygen atoms in total. The number of rotatable bonds is 3. The summed E-state index contributed by atoms with van der Waals surface area (Å²) in [5.74, 6) is 0.138. The Morgan fingerprint density at radius 2 is 1.57 bits per heavy atom. The topological polar surface area (TPSA) is 43.6 Å². The van der Waals surface area contributed by atoms with Gasteiger partial charge in [-0.25, -0.2) is 14.6 Å². The van der Waals surface area contributed by atoms with Crippen molar-refractivity contribution < 1.29 is 0 Å². The van der Waals surface area contributed by atoms with Gasteiger partial charge in [0.15, 0.2) is 5.65 Å². The molecule has 0 radical (unpaired) electrons. The molecule has 0 saturated heterocycles. The highest BCUT2D eigenvalue weighted by atomic mass is 79.9. The minimum atomic E-state index is 0.138. The first-order chi connectivity index (χ1) is 20.5. The molecule has 202 valence electrons. The molecule has 1 unspecified atom stereocenters. The first kappa shape index (κ1) is 25.7. The largest absolute Gasteiger partial charge is 0.247 e. The van der Waals surface area contributed by atoms with Gasteiger partial charge in [0.25, 0.3) is 0 Å². The smallest absolute Gasteiger partial charge is 0.165 e. The maximum absolute atomic E-state index is 6.45. The third-order valence-corrected chi connectivity index (χ3v) is 9.30. The van der Waals surface area contributed by atoms with Gasteiger partial charge in [-0.15, -0.1) is 0 Å². The Labute approximate surface area is 260 Å². The minimum absolute atomic E-state index is 0.138. The molecular formula is C35H21BrCl2N4. The number of fused-ring (bicyclic) bond motifs is 6. The molecule has 1 aliphatic carbocycles. The van der Waals surface area contributed by atoms with Gasteiger partial charge in [0.05, 0.1) is 32.3 Å². The molecule has 7 heteroatoms. The van der Waals surface area contributed by atoms with Crippen LogP contribution in [0.5, 0.6) is 0 Å². The van der Waals surface area contributed by atoms with Crippen LogP contribution in [0.15, 0.2) is 114 Å². The Morgan fingerprint density at radius 3 is 2.38 bits per heavy atom. The van der Waals surface area contributed by atoms with Crippen LogP contribution >= 0.6 is 39.1 Å². The van der Waals surface area contributed by atoms with Gasteiger partial charge in [-0.2, -0.15) is 5.10 Å². The molecule has 0 aliphatic heterocycles. The van der Waals surface area contributed by atoms with Crippen molar-refractivity contribution >= 4 is 61.1 Å². The summed E-state index contributed by atoms with van der Waals surface area (Å²) >= 11 is 16.3. The SMILES string of the molecule is Clc1ccc(C2Cc3cc4cnc5c(c(-c6ccc(Br)cc6)nn5-c5ccccc5)c4nc3-c3ccccc32)cc1Cl. The lowest BCUT2D eigenvalue weighted by Crippen LogP contribution is -2.14. The van der Waals surface area contributed by atoms with Crippen molar-refractivity contribution in [1.82, 2.24) is 19.7 Å². The molecule has 42 heavy (non-hydrogen) atoms. The van der Waals surface area contributed by atoms with Crippen molar-refractivity contribution in [3.63, 3.8) is 0 Å². The summed E-state index contributed by atoms with van der Waals surface area (Å²) in [5.41, 5.74) is 10.1. The highest BCUT2D eigenvalue weighted by Gasteiger charge is 2.29. The summed E-state index contributed by atoms with van der Waals surface area (Å²) in [6.45, 7) is 0. The van der Waals surface area contributed by atoms with E-state index in [4.69, 9.17) is 38.3 Å². The van der Waals surface area contributed by atoms with Gasteiger partial charge in [0.1, 0.15) is 5.69 Å². The Bertz CT molecular complexity index is 2160. The predicted octanol–water partition coefficient (Wildman–Crippen LogP) is 10.1. The number of para-hydroxylation sites is 1. The van der Waals surface area contributed by atoms with E-state index >= 15 is 0 Å². The lowest BCUT2D eigenvalue weighted by molar-refractivity contribution is 0.790. The number of aromatic nitrogens is 4. The van der Waals surface area contributed by atoms with E-state index in [0.717, 1.165) is 66.6 Å². The van der Waals surface area contributed by atoms with Gasteiger partial charge >= 0.3 is 0 Å². The Balaban J connectivity index is 1.39. The van der Waals surface area contributed by atoms with Crippen LogP contribution in [0.1, 0.15) is 22.6 Å². The molecule has 1 aliphatic rings. The van der Waals surface area contributed by atoms with Gasteiger partial charge in [-0.1, -0.05) is 99.8 Å². The molecule has 0 spiro atoms. The van der Waals surface area contributed by atoms with Crippen LogP contribution in [-0.4, -0.2) is 19.7 Å². The first-order valence-corrected chi connectivity index (χ1v) is 15.2. The quantitative estimate of drug-likeness (QED) is 0.192. The third-order valence-electron chi connectivity index (χ3n) is 8.03. The van der Waals surface area contributed by atoms with Crippen LogP contribution < -0.4 is 0 Å². The molecule has 0 amide bonds. The van der Waals surface area contributed by atoms with E-state index in [1.54, 1.807) is 0 Å². The van der Waals surface area contributed by atoms with Crippen molar-refractivity contribution in [2.45, 2.75) is 12.3 Å². The van der Waals surface area contributed by atoms with Gasteiger partial charge in [0, 0.05) is 33.1 Å². The normalized spacial score (nSPS) is 14.2. The van der Waals surface area contributed by atoms with Gasteiger partial charge < -0.3 is 0 Å². The second-order valence-electron chi connectivity index (χ2n) is 10.5. The predicted molar refractivity (Wildman–Crippen MR) is 175 cm³/mol. The zero-order valence-corrected chi connectivity index (χ0v) is 25.2. The summed E-state index contributed by atoms with van der Waals surface area (Å²) in [4.78, 5) is 10.4. The Hall–Kier alpha value is -4.03. The minimum Gasteiger partial charge on any atom is -0.247 e. The van der Waals surface area contributed by atoms with E-state index in [9.17, 15) is 0 Å². The zero-order chi connectivity index (χ0) is 28.4. The summed E-state index contributed by atoms with van der Waals surface area (Å²) in [6, 6.07) is 35.1. The molecule has 0 saturated carbocycles. The van der Waals surface area contributed by atoms with Crippen LogP contribution in [0, 0.1) is 0 Å². The van der Waals surface area contributed by atoms with Crippen LogP contribution in [0.25, 0.3) is 50.1 Å². The monoisotopic (exact) mass is 646 g/mol. The summed E-state index contributed by atoms with van der Waals surface area (Å²) in [7, 11) is 0. The fraction of sp³-hybridized carbons (Fsp3) is 0.0571. The first-order valence-electron chi connectivity index (χ1n) is 13.6. The van der Waals surface area contributed by atoms with Crippen molar-refractivity contribution in [1.29, 1.82) is 0 Å². The second-order valence-corrected chi connectivity index (χ2v) is 12.2. The van der Waals surface area contributed by atoms with E-state index in [2.05, 4.69) is 64.5 Å². The van der Waals surface area contributed by atoms with E-state index in [1.807, 2.05) is 65.5 Å². The van der Waals surface area contributed by atoms with E-state index in [1.165, 1.54) is 11.1 Å². The number of hydrogen-bond donors (Lipinski definition) is 0. The number of hydrogen-bond acceptors (Lipinski definition) is 3. The van der Waals surface area contributed by atoms with Crippen LogP contribution in [0.2, 0.25) is 10.0 Å². The molecule has 0 N–H and O–H groups in total. The van der Waals surface area contributed by atoms with E-state index in [-0.39, 0.29) is 5.92 Å². The van der Waals surface area contributed by atoms with Crippen molar-refractivity contribution in [2.75, 3.05) is 0 Å². The molecule has 1 atom stereocenters. The fourth-order valence-electron chi connectivity index (χ4n) is 6.07. The standard InChI is InChI=1S/C35H21BrCl2N4/c36-24-13-10-20(11-14-24)34-31-33-23(19-39-35(31)42(41-34)25-6-2-1-3-7-25)16-22-17-28(21-12-15-29(37)30(38)18-21)26-8-4-5-9-27(26)32(22)40-33/h1-16,18-19,28H,17H2. The molecule has 3 aromatic heterocycles. The van der Waals surface area contributed by atoms with Gasteiger partial charge in [0.2, 0.25) is 0 Å². The Morgan fingerprint density at radius 1 is 0.786 bits per heavy atom. The maximum atomic E-state index is 6.45. The molecule has 4 aromatic carbocycles. The molecule has 7 aromatic rings.